The Morgan fingerprint density at radius 1 is 1.48 bits per heavy atom. The van der Waals surface area contributed by atoms with E-state index in [1.54, 1.807) is 0 Å². The van der Waals surface area contributed by atoms with Gasteiger partial charge in [-0.15, -0.1) is 0 Å². The molecule has 0 fully saturated rings. The van der Waals surface area contributed by atoms with Crippen molar-refractivity contribution in [3.63, 3.8) is 0 Å². The first-order chi connectivity index (χ1) is 9.49. The molecule has 1 aromatic carbocycles. The van der Waals surface area contributed by atoms with Gasteiger partial charge in [-0.05, 0) is 19.9 Å². The number of sulfonamides is 1. The lowest BCUT2D eigenvalue weighted by molar-refractivity contribution is -0.385. The third-order valence-corrected chi connectivity index (χ3v) is 4.47. The van der Waals surface area contributed by atoms with Crippen molar-refractivity contribution in [3.8, 4) is 0 Å². The largest absolute Gasteiger partial charge is 0.389 e. The lowest BCUT2D eigenvalue weighted by Crippen LogP contribution is -2.40. The summed E-state index contributed by atoms with van der Waals surface area (Å²) in [4.78, 5) is 9.76. The maximum absolute atomic E-state index is 12.5. The molecule has 0 unspecified atom stereocenters. The van der Waals surface area contributed by atoms with Crippen molar-refractivity contribution >= 4 is 21.4 Å². The molecular weight excluding hydrogens is 300 g/mol. The average Bonchev–Trinajstić information content (AvgIpc) is 2.35. The molecule has 0 aliphatic heterocycles. The summed E-state index contributed by atoms with van der Waals surface area (Å²) in [6.07, 6.45) is 0. The molecular formula is C11H18N4O5S. The molecule has 0 heterocycles. The highest BCUT2D eigenvalue weighted by molar-refractivity contribution is 7.89. The molecule has 0 atom stereocenters. The van der Waals surface area contributed by atoms with Gasteiger partial charge in [-0.2, -0.15) is 4.31 Å². The standard InChI is InChI=1S/C11H18N4O5S/c1-11(2,16)7-14(3)21(19,20)10-6-8(15(17)18)4-5-9(10)13-12/h4-6,13,16H,7,12H2,1-3H3. The van der Waals surface area contributed by atoms with Crippen LogP contribution in [0.15, 0.2) is 23.1 Å². The van der Waals surface area contributed by atoms with Crippen LogP contribution in [-0.2, 0) is 10.0 Å². The van der Waals surface area contributed by atoms with Gasteiger partial charge in [0.25, 0.3) is 5.69 Å². The van der Waals surface area contributed by atoms with E-state index in [1.165, 1.54) is 27.0 Å². The topological polar surface area (TPSA) is 139 Å². The van der Waals surface area contributed by atoms with Crippen LogP contribution in [0.4, 0.5) is 11.4 Å². The number of rotatable bonds is 6. The second kappa shape index (κ2) is 5.93. The minimum Gasteiger partial charge on any atom is -0.389 e. The van der Waals surface area contributed by atoms with Crippen LogP contribution in [0.5, 0.6) is 0 Å². The Kier molecular flexibility index (Phi) is 4.89. The molecule has 0 saturated heterocycles. The number of likely N-dealkylation sites (N-methyl/N-ethyl adjacent to an activating group) is 1. The average molecular weight is 318 g/mol. The zero-order valence-corrected chi connectivity index (χ0v) is 12.7. The van der Waals surface area contributed by atoms with Crippen molar-refractivity contribution in [2.75, 3.05) is 19.0 Å². The maximum atomic E-state index is 12.5. The number of non-ortho nitro benzene ring substituents is 1. The van der Waals surface area contributed by atoms with Crippen LogP contribution in [0.25, 0.3) is 0 Å². The van der Waals surface area contributed by atoms with E-state index in [-0.39, 0.29) is 22.8 Å². The van der Waals surface area contributed by atoms with Gasteiger partial charge < -0.3 is 10.5 Å². The number of nitro benzene ring substituents is 1. The molecule has 0 bridgehead atoms. The van der Waals surface area contributed by atoms with Crippen LogP contribution in [0, 0.1) is 10.1 Å². The molecule has 0 saturated carbocycles. The zero-order chi connectivity index (χ0) is 16.4. The van der Waals surface area contributed by atoms with Gasteiger partial charge in [-0.1, -0.05) is 0 Å². The Balaban J connectivity index is 3.35. The van der Waals surface area contributed by atoms with Crippen molar-refractivity contribution < 1.29 is 18.4 Å². The molecule has 1 aromatic rings. The fourth-order valence-corrected chi connectivity index (χ4v) is 3.25. The molecule has 1 rings (SSSR count). The Morgan fingerprint density at radius 3 is 2.48 bits per heavy atom. The van der Waals surface area contributed by atoms with Crippen molar-refractivity contribution in [1.29, 1.82) is 0 Å². The number of nitrogens with zero attached hydrogens (tertiary/aromatic N) is 2. The molecule has 0 spiro atoms. The number of hydrogen-bond acceptors (Lipinski definition) is 7. The molecule has 9 nitrogen and oxygen atoms in total. The predicted molar refractivity (Wildman–Crippen MR) is 77.0 cm³/mol. The van der Waals surface area contributed by atoms with Crippen molar-refractivity contribution in [2.24, 2.45) is 5.84 Å². The molecule has 21 heavy (non-hydrogen) atoms. The van der Waals surface area contributed by atoms with Crippen LogP contribution in [0.2, 0.25) is 0 Å². The third kappa shape index (κ3) is 4.11. The van der Waals surface area contributed by atoms with Crippen LogP contribution < -0.4 is 11.3 Å². The summed E-state index contributed by atoms with van der Waals surface area (Å²) in [6, 6.07) is 3.28. The van der Waals surface area contributed by atoms with E-state index in [4.69, 9.17) is 5.84 Å². The van der Waals surface area contributed by atoms with Gasteiger partial charge in [0.2, 0.25) is 10.0 Å². The summed E-state index contributed by atoms with van der Waals surface area (Å²) in [5.74, 6) is 5.25. The molecule has 0 radical (unpaired) electrons. The summed E-state index contributed by atoms with van der Waals surface area (Å²) in [7, 11) is -2.77. The van der Waals surface area contributed by atoms with Gasteiger partial charge in [0, 0.05) is 25.7 Å². The van der Waals surface area contributed by atoms with Crippen molar-refractivity contribution in [1.82, 2.24) is 4.31 Å². The summed E-state index contributed by atoms with van der Waals surface area (Å²) in [5, 5.41) is 20.5. The summed E-state index contributed by atoms with van der Waals surface area (Å²) < 4.78 is 25.8. The monoisotopic (exact) mass is 318 g/mol. The Morgan fingerprint density at radius 2 is 2.05 bits per heavy atom. The molecule has 0 aliphatic carbocycles. The minimum atomic E-state index is -4.04. The minimum absolute atomic E-state index is 0.0307. The number of nitrogen functional groups attached to an aromatic ring is 1. The van der Waals surface area contributed by atoms with E-state index in [0.717, 1.165) is 16.4 Å². The van der Waals surface area contributed by atoms with Crippen molar-refractivity contribution in [2.45, 2.75) is 24.3 Å². The van der Waals surface area contributed by atoms with E-state index < -0.39 is 20.5 Å². The van der Waals surface area contributed by atoms with Gasteiger partial charge in [0.05, 0.1) is 16.2 Å². The smallest absolute Gasteiger partial charge is 0.270 e. The Hall–Kier alpha value is -1.75. The van der Waals surface area contributed by atoms with Crippen LogP contribution in [0.1, 0.15) is 13.8 Å². The fourth-order valence-electron chi connectivity index (χ4n) is 1.76. The second-order valence-corrected chi connectivity index (χ2v) is 7.17. The molecule has 118 valence electrons. The highest BCUT2D eigenvalue weighted by atomic mass is 32.2. The van der Waals surface area contributed by atoms with Gasteiger partial charge >= 0.3 is 0 Å². The quantitative estimate of drug-likeness (QED) is 0.388. The van der Waals surface area contributed by atoms with E-state index in [2.05, 4.69) is 5.43 Å². The number of nitrogens with one attached hydrogen (secondary N) is 1. The Bertz CT molecular complexity index is 639. The first-order valence-corrected chi connectivity index (χ1v) is 7.37. The lowest BCUT2D eigenvalue weighted by atomic mass is 10.1. The highest BCUT2D eigenvalue weighted by Gasteiger charge is 2.29. The normalized spacial score (nSPS) is 12.5. The fraction of sp³-hybridized carbons (Fsp3) is 0.455. The summed E-state index contributed by atoms with van der Waals surface area (Å²) >= 11 is 0. The number of hydrogen-bond donors (Lipinski definition) is 3. The van der Waals surface area contributed by atoms with Gasteiger partial charge in [-0.25, -0.2) is 8.42 Å². The number of benzene rings is 1. The Labute approximate surface area is 122 Å². The number of nitrogens with two attached hydrogens (primary N) is 1. The van der Waals surface area contributed by atoms with Gasteiger partial charge in [0.1, 0.15) is 4.90 Å². The molecule has 10 heteroatoms. The van der Waals surface area contributed by atoms with E-state index >= 15 is 0 Å². The van der Waals surface area contributed by atoms with Gasteiger partial charge in [-0.3, -0.25) is 16.0 Å². The first-order valence-electron chi connectivity index (χ1n) is 5.93. The van der Waals surface area contributed by atoms with Crippen LogP contribution in [-0.4, -0.2) is 41.9 Å². The molecule has 0 aliphatic rings. The second-order valence-electron chi connectivity index (χ2n) is 5.16. The predicted octanol–water partition coefficient (Wildman–Crippen LogP) is 0.272. The molecule has 0 amide bonds. The van der Waals surface area contributed by atoms with Gasteiger partial charge in [0.15, 0.2) is 0 Å². The number of aliphatic hydroxyl groups is 1. The zero-order valence-electron chi connectivity index (χ0n) is 11.9. The third-order valence-electron chi connectivity index (χ3n) is 2.63. The number of anilines is 1. The SMILES string of the molecule is CN(CC(C)(C)O)S(=O)(=O)c1cc([N+](=O)[O-])ccc1NN. The number of hydrazine groups is 1. The molecule has 4 N–H and O–H groups in total. The summed E-state index contributed by atoms with van der Waals surface area (Å²) in [5.41, 5.74) is 0.603. The van der Waals surface area contributed by atoms with E-state index in [9.17, 15) is 23.6 Å². The van der Waals surface area contributed by atoms with E-state index in [1.807, 2.05) is 0 Å². The van der Waals surface area contributed by atoms with Crippen LogP contribution >= 0.6 is 0 Å². The van der Waals surface area contributed by atoms with Crippen LogP contribution in [0.3, 0.4) is 0 Å². The lowest BCUT2D eigenvalue weighted by Gasteiger charge is -2.25. The number of nitro groups is 1. The molecule has 0 aromatic heterocycles. The summed E-state index contributed by atoms with van der Waals surface area (Å²) in [6.45, 7) is 2.73. The van der Waals surface area contributed by atoms with Crippen molar-refractivity contribution in [3.05, 3.63) is 28.3 Å². The maximum Gasteiger partial charge on any atom is 0.270 e. The first kappa shape index (κ1) is 17.3. The highest BCUT2D eigenvalue weighted by Crippen LogP contribution is 2.28. The van der Waals surface area contributed by atoms with E-state index in [0.29, 0.717) is 0 Å².